The Kier molecular flexibility index (Phi) is 6.43. The van der Waals surface area contributed by atoms with Gasteiger partial charge in [0.15, 0.2) is 0 Å². The normalized spacial score (nSPS) is 22.3. The van der Waals surface area contributed by atoms with E-state index in [-0.39, 0.29) is 18.0 Å². The van der Waals surface area contributed by atoms with Crippen molar-refractivity contribution in [2.45, 2.75) is 44.2 Å². The summed E-state index contributed by atoms with van der Waals surface area (Å²) >= 11 is 0. The first kappa shape index (κ1) is 22.2. The molecular weight excluding hydrogens is 414 g/mol. The Balaban J connectivity index is 1.40. The Morgan fingerprint density at radius 1 is 1.19 bits per heavy atom. The Morgan fingerprint density at radius 3 is 2.75 bits per heavy atom. The molecule has 4 rings (SSSR count). The maximum Gasteiger partial charge on any atom is 0.329 e. The van der Waals surface area contributed by atoms with Gasteiger partial charge in [-0.15, -0.1) is 0 Å². The van der Waals surface area contributed by atoms with E-state index in [0.29, 0.717) is 25.0 Å². The minimum atomic E-state index is -0.808. The standard InChI is InChI=1S/C22H29N5O5/c1-25-18-12-14(4-2-3-10-26-11-9-23-15(13-26)21(30)31)5-6-16(18)27(22(25)32)17-7-8-19(28)24-20(17)29/h5-6,12,15,17,23H,2-4,7-11,13H2,1H3,(H,30,31)(H,24,28,29)/t15-,17?/m0/s1. The highest BCUT2D eigenvalue weighted by molar-refractivity contribution is 6.00. The van der Waals surface area contributed by atoms with Crippen molar-refractivity contribution in [3.05, 3.63) is 34.2 Å². The number of piperazine rings is 1. The van der Waals surface area contributed by atoms with Crippen LogP contribution < -0.4 is 16.3 Å². The van der Waals surface area contributed by atoms with Crippen LogP contribution >= 0.6 is 0 Å². The van der Waals surface area contributed by atoms with Gasteiger partial charge in [0.2, 0.25) is 11.8 Å². The van der Waals surface area contributed by atoms with E-state index in [0.717, 1.165) is 43.4 Å². The van der Waals surface area contributed by atoms with E-state index < -0.39 is 24.0 Å². The molecule has 3 N–H and O–H groups in total. The maximum atomic E-state index is 12.8. The highest BCUT2D eigenvalue weighted by Gasteiger charge is 2.31. The van der Waals surface area contributed by atoms with E-state index in [1.807, 2.05) is 18.2 Å². The lowest BCUT2D eigenvalue weighted by Crippen LogP contribution is -2.54. The zero-order chi connectivity index (χ0) is 22.8. The summed E-state index contributed by atoms with van der Waals surface area (Å²) < 4.78 is 3.04. The van der Waals surface area contributed by atoms with Gasteiger partial charge in [0, 0.05) is 33.1 Å². The van der Waals surface area contributed by atoms with Gasteiger partial charge in [-0.25, -0.2) is 4.79 Å². The van der Waals surface area contributed by atoms with Gasteiger partial charge >= 0.3 is 11.7 Å². The molecule has 10 nitrogen and oxygen atoms in total. The molecular formula is C22H29N5O5. The third kappa shape index (κ3) is 4.46. The number of aryl methyl sites for hydroxylation is 2. The van der Waals surface area contributed by atoms with Crippen molar-refractivity contribution in [1.29, 1.82) is 0 Å². The molecule has 0 spiro atoms. The molecule has 172 valence electrons. The number of unbranched alkanes of at least 4 members (excludes halogenated alkanes) is 1. The fourth-order valence-electron chi connectivity index (χ4n) is 4.64. The second kappa shape index (κ2) is 9.25. The van der Waals surface area contributed by atoms with Crippen molar-refractivity contribution in [2.24, 2.45) is 7.05 Å². The number of carbonyl (C=O) groups excluding carboxylic acids is 2. The number of amides is 2. The van der Waals surface area contributed by atoms with E-state index in [1.54, 1.807) is 11.6 Å². The fraction of sp³-hybridized carbons (Fsp3) is 0.545. The molecule has 3 heterocycles. The lowest BCUT2D eigenvalue weighted by molar-refractivity contribution is -0.141. The quantitative estimate of drug-likeness (QED) is 0.406. The average molecular weight is 444 g/mol. The highest BCUT2D eigenvalue weighted by atomic mass is 16.4. The number of carboxylic acids is 1. The zero-order valence-electron chi connectivity index (χ0n) is 18.2. The molecule has 2 amide bonds. The van der Waals surface area contributed by atoms with E-state index in [4.69, 9.17) is 5.11 Å². The van der Waals surface area contributed by atoms with Crippen molar-refractivity contribution < 1.29 is 19.5 Å². The zero-order valence-corrected chi connectivity index (χ0v) is 18.2. The van der Waals surface area contributed by atoms with Crippen LogP contribution in [0.25, 0.3) is 11.0 Å². The van der Waals surface area contributed by atoms with Gasteiger partial charge in [-0.1, -0.05) is 6.07 Å². The second-order valence-corrected chi connectivity index (χ2v) is 8.60. The minimum absolute atomic E-state index is 0.220. The summed E-state index contributed by atoms with van der Waals surface area (Å²) in [4.78, 5) is 49.9. The number of piperidine rings is 1. The minimum Gasteiger partial charge on any atom is -0.480 e. The number of carbonyl (C=O) groups is 3. The number of imidazole rings is 1. The van der Waals surface area contributed by atoms with Crippen LogP contribution in [0.3, 0.4) is 0 Å². The topological polar surface area (TPSA) is 126 Å². The van der Waals surface area contributed by atoms with Crippen molar-refractivity contribution in [1.82, 2.24) is 24.7 Å². The Labute approximate surface area is 185 Å². The molecule has 0 saturated carbocycles. The molecule has 2 fully saturated rings. The number of aliphatic carboxylic acids is 1. The number of nitrogens with one attached hydrogen (secondary N) is 2. The monoisotopic (exact) mass is 443 g/mol. The van der Waals surface area contributed by atoms with Crippen LogP contribution in [0.15, 0.2) is 23.0 Å². The van der Waals surface area contributed by atoms with Crippen LogP contribution in [0, 0.1) is 0 Å². The van der Waals surface area contributed by atoms with Crippen LogP contribution in [-0.4, -0.2) is 69.1 Å². The Hall–Kier alpha value is -2.98. The molecule has 1 unspecified atom stereocenters. The van der Waals surface area contributed by atoms with Gasteiger partial charge in [-0.05, 0) is 49.9 Å². The number of hydrogen-bond acceptors (Lipinski definition) is 6. The summed E-state index contributed by atoms with van der Waals surface area (Å²) in [6.07, 6.45) is 3.30. The molecule has 1 aromatic carbocycles. The summed E-state index contributed by atoms with van der Waals surface area (Å²) in [5.41, 5.74) is 2.30. The van der Waals surface area contributed by atoms with Crippen LogP contribution in [0.4, 0.5) is 0 Å². The summed E-state index contributed by atoms with van der Waals surface area (Å²) in [5.74, 6) is -1.54. The van der Waals surface area contributed by atoms with Crippen molar-refractivity contribution >= 4 is 28.8 Å². The lowest BCUT2D eigenvalue weighted by atomic mass is 10.0. The lowest BCUT2D eigenvalue weighted by Gasteiger charge is -2.31. The summed E-state index contributed by atoms with van der Waals surface area (Å²) in [5, 5.41) is 14.5. The van der Waals surface area contributed by atoms with Gasteiger partial charge < -0.3 is 10.4 Å². The summed E-state index contributed by atoms with van der Waals surface area (Å²) in [6, 6.07) is 4.67. The molecule has 0 aliphatic carbocycles. The Morgan fingerprint density at radius 2 is 2.00 bits per heavy atom. The third-order valence-electron chi connectivity index (χ3n) is 6.42. The predicted molar refractivity (Wildman–Crippen MR) is 117 cm³/mol. The molecule has 1 aromatic heterocycles. The molecule has 2 aliphatic heterocycles. The maximum absolute atomic E-state index is 12.8. The summed E-state index contributed by atoms with van der Waals surface area (Å²) in [7, 11) is 1.69. The highest BCUT2D eigenvalue weighted by Crippen LogP contribution is 2.24. The first-order valence-electron chi connectivity index (χ1n) is 11.1. The number of carboxylic acid groups (broad SMARTS) is 1. The number of aromatic nitrogens is 2. The smallest absolute Gasteiger partial charge is 0.329 e. The number of rotatable bonds is 7. The average Bonchev–Trinajstić information content (AvgIpc) is 3.01. The van der Waals surface area contributed by atoms with Gasteiger partial charge in [0.05, 0.1) is 11.0 Å². The number of imide groups is 1. The van der Waals surface area contributed by atoms with Crippen molar-refractivity contribution in [2.75, 3.05) is 26.2 Å². The van der Waals surface area contributed by atoms with E-state index in [2.05, 4.69) is 15.5 Å². The number of benzene rings is 1. The predicted octanol–water partition coefficient (Wildman–Crippen LogP) is -0.00120. The fourth-order valence-corrected chi connectivity index (χ4v) is 4.64. The van der Waals surface area contributed by atoms with Gasteiger partial charge in [0.1, 0.15) is 12.1 Å². The Bertz CT molecular complexity index is 1100. The number of fused-ring (bicyclic) bond motifs is 1. The third-order valence-corrected chi connectivity index (χ3v) is 6.42. The van der Waals surface area contributed by atoms with Crippen molar-refractivity contribution in [3.8, 4) is 0 Å². The van der Waals surface area contributed by atoms with Crippen LogP contribution in [0.5, 0.6) is 0 Å². The van der Waals surface area contributed by atoms with Crippen LogP contribution in [0.2, 0.25) is 0 Å². The van der Waals surface area contributed by atoms with E-state index in [1.165, 1.54) is 4.57 Å². The van der Waals surface area contributed by atoms with Gasteiger partial charge in [0.25, 0.3) is 0 Å². The van der Waals surface area contributed by atoms with E-state index >= 15 is 0 Å². The second-order valence-electron chi connectivity index (χ2n) is 8.60. The molecule has 2 aromatic rings. The largest absolute Gasteiger partial charge is 0.480 e. The molecule has 32 heavy (non-hydrogen) atoms. The van der Waals surface area contributed by atoms with Crippen molar-refractivity contribution in [3.63, 3.8) is 0 Å². The van der Waals surface area contributed by atoms with E-state index in [9.17, 15) is 19.2 Å². The SMILES string of the molecule is Cn1c(=O)n(C2CCC(=O)NC2=O)c2ccc(CCCCN3CCN[C@H](C(=O)O)C3)cc21. The molecule has 0 radical (unpaired) electrons. The molecule has 2 aliphatic rings. The van der Waals surface area contributed by atoms with Crippen LogP contribution in [-0.2, 0) is 27.9 Å². The molecule has 0 bridgehead atoms. The number of hydrogen-bond donors (Lipinski definition) is 3. The number of nitrogens with zero attached hydrogens (tertiary/aromatic N) is 3. The molecule has 2 atom stereocenters. The summed E-state index contributed by atoms with van der Waals surface area (Å²) in [6.45, 7) is 2.92. The first-order chi connectivity index (χ1) is 15.3. The molecule has 10 heteroatoms. The van der Waals surface area contributed by atoms with Gasteiger partial charge in [-0.2, -0.15) is 0 Å². The first-order valence-corrected chi connectivity index (χ1v) is 11.1. The van der Waals surface area contributed by atoms with Crippen LogP contribution in [0.1, 0.15) is 37.3 Å². The molecule has 2 saturated heterocycles. The van der Waals surface area contributed by atoms with Gasteiger partial charge in [-0.3, -0.25) is 33.7 Å².